The van der Waals surface area contributed by atoms with Gasteiger partial charge in [-0.1, -0.05) is 12.1 Å². The second kappa shape index (κ2) is 8.91. The number of nitrogen functional groups attached to an aromatic ring is 1. The number of benzene rings is 2. The van der Waals surface area contributed by atoms with Gasteiger partial charge < -0.3 is 16.4 Å². The molecule has 5 rings (SSSR count). The zero-order valence-electron chi connectivity index (χ0n) is 19.5. The normalized spacial score (nSPS) is 19.5. The van der Waals surface area contributed by atoms with Gasteiger partial charge in [-0.3, -0.25) is 4.79 Å². The van der Waals surface area contributed by atoms with E-state index in [2.05, 4.69) is 15.1 Å². The Morgan fingerprint density at radius 2 is 1.81 bits per heavy atom. The summed E-state index contributed by atoms with van der Waals surface area (Å²) in [5.41, 5.74) is 11.3. The van der Waals surface area contributed by atoms with Crippen LogP contribution in [0.2, 0.25) is 0 Å². The second-order valence-electron chi connectivity index (χ2n) is 9.18. The van der Waals surface area contributed by atoms with Crippen molar-refractivity contribution >= 4 is 28.4 Å². The number of anilines is 1. The number of carbonyl (C=O) groups is 1. The van der Waals surface area contributed by atoms with Gasteiger partial charge in [0.15, 0.2) is 17.3 Å². The van der Waals surface area contributed by atoms with E-state index in [1.54, 1.807) is 4.90 Å². The summed E-state index contributed by atoms with van der Waals surface area (Å²) in [5, 5.41) is 4.52. The van der Waals surface area contributed by atoms with Crippen LogP contribution in [0.1, 0.15) is 53.5 Å². The Balaban J connectivity index is 1.43. The number of halogens is 5. The first-order chi connectivity index (χ1) is 17.4. The van der Waals surface area contributed by atoms with Gasteiger partial charge in [-0.25, -0.2) is 18.7 Å². The third-order valence-corrected chi connectivity index (χ3v) is 6.71. The Bertz CT molecular complexity index is 1500. The number of nitrogens with two attached hydrogens (primary N) is 2. The summed E-state index contributed by atoms with van der Waals surface area (Å²) < 4.78 is 68.1. The van der Waals surface area contributed by atoms with E-state index in [-0.39, 0.29) is 58.0 Å². The highest BCUT2D eigenvalue weighted by atomic mass is 19.4. The molecule has 2 aromatic carbocycles. The molecule has 0 unspecified atom stereocenters. The maximum Gasteiger partial charge on any atom is 0.407 e. The third kappa shape index (κ3) is 4.43. The highest BCUT2D eigenvalue weighted by molar-refractivity contribution is 5.95. The van der Waals surface area contributed by atoms with Crippen LogP contribution >= 0.6 is 0 Å². The molecule has 0 radical (unpaired) electrons. The average molecular weight is 519 g/mol. The second-order valence-corrected chi connectivity index (χ2v) is 9.18. The van der Waals surface area contributed by atoms with Crippen LogP contribution in [0.15, 0.2) is 36.4 Å². The molecule has 0 aliphatic carbocycles. The predicted octanol–water partition coefficient (Wildman–Crippen LogP) is 4.11. The lowest BCUT2D eigenvalue weighted by Crippen LogP contribution is -2.45. The lowest BCUT2D eigenvalue weighted by Gasteiger charge is -2.37. The van der Waals surface area contributed by atoms with Gasteiger partial charge in [0.25, 0.3) is 5.91 Å². The first-order valence-electron chi connectivity index (χ1n) is 11.5. The topological polar surface area (TPSA) is 115 Å². The number of fused-ring (bicyclic) bond motifs is 3. The van der Waals surface area contributed by atoms with E-state index in [9.17, 15) is 26.7 Å². The summed E-state index contributed by atoms with van der Waals surface area (Å²) in [5.74, 6) is -2.13. The molecule has 13 heteroatoms. The van der Waals surface area contributed by atoms with E-state index in [0.717, 1.165) is 6.07 Å². The molecule has 3 heterocycles. The maximum absolute atomic E-state index is 14.3. The molecule has 194 valence electrons. The van der Waals surface area contributed by atoms with E-state index in [1.165, 1.54) is 28.8 Å². The minimum atomic E-state index is -4.59. The van der Waals surface area contributed by atoms with E-state index in [4.69, 9.17) is 11.5 Å². The minimum absolute atomic E-state index is 0.111. The van der Waals surface area contributed by atoms with Gasteiger partial charge in [0.1, 0.15) is 17.4 Å². The first kappa shape index (κ1) is 24.8. The number of aromatic nitrogens is 4. The predicted molar refractivity (Wildman–Crippen MR) is 125 cm³/mol. The lowest BCUT2D eigenvalue weighted by molar-refractivity contribution is -0.149. The Morgan fingerprint density at radius 3 is 2.49 bits per heavy atom. The van der Waals surface area contributed by atoms with Gasteiger partial charge in [-0.2, -0.15) is 17.7 Å². The van der Waals surface area contributed by atoms with Crippen LogP contribution < -0.4 is 11.5 Å². The molecule has 8 nitrogen and oxygen atoms in total. The fraction of sp³-hybridized carbons (Fsp3) is 0.333. The summed E-state index contributed by atoms with van der Waals surface area (Å²) in [6.07, 6.45) is -3.35. The van der Waals surface area contributed by atoms with E-state index in [1.807, 2.05) is 6.92 Å². The van der Waals surface area contributed by atoms with Gasteiger partial charge in [0.05, 0.1) is 5.39 Å². The number of nitrogens with zero attached hydrogens (tertiary/aromatic N) is 5. The standard InChI is InChI=1S/C24H22F5N7O/c1-11-2-3-14(10-35(11)22(37)13-6-4-12(5-7-13)19(30)24(27,28)29)20-33-21-16-8-15(25)9-17(26)18(16)32-23(31)36(21)34-20/h4-9,11,14,19H,2-3,10,30H2,1H3,(H2,31,32)/t11-,14+,19-/m0/s1. The van der Waals surface area contributed by atoms with Gasteiger partial charge in [-0.15, -0.1) is 5.10 Å². The summed E-state index contributed by atoms with van der Waals surface area (Å²) in [6.45, 7) is 2.11. The lowest BCUT2D eigenvalue weighted by atomic mass is 9.92. The van der Waals surface area contributed by atoms with Crippen LogP contribution in [0.3, 0.4) is 0 Å². The Hall–Kier alpha value is -3.87. The smallest absolute Gasteiger partial charge is 0.368 e. The number of piperidine rings is 1. The van der Waals surface area contributed by atoms with Gasteiger partial charge in [-0.05, 0) is 43.5 Å². The number of alkyl halides is 3. The van der Waals surface area contributed by atoms with Crippen molar-refractivity contribution in [2.45, 2.75) is 43.9 Å². The fourth-order valence-corrected chi connectivity index (χ4v) is 4.64. The fourth-order valence-electron chi connectivity index (χ4n) is 4.64. The van der Waals surface area contributed by atoms with Crippen molar-refractivity contribution in [2.75, 3.05) is 12.3 Å². The van der Waals surface area contributed by atoms with Crippen molar-refractivity contribution in [1.82, 2.24) is 24.5 Å². The molecule has 0 spiro atoms. The summed E-state index contributed by atoms with van der Waals surface area (Å²) in [7, 11) is 0. The van der Waals surface area contributed by atoms with Crippen molar-refractivity contribution in [1.29, 1.82) is 0 Å². The number of hydrogen-bond acceptors (Lipinski definition) is 6. The average Bonchev–Trinajstić information content (AvgIpc) is 3.30. The van der Waals surface area contributed by atoms with Gasteiger partial charge in [0.2, 0.25) is 5.95 Å². The molecule has 1 saturated heterocycles. The summed E-state index contributed by atoms with van der Waals surface area (Å²) in [6, 6.07) is 4.56. The molecule has 4 N–H and O–H groups in total. The summed E-state index contributed by atoms with van der Waals surface area (Å²) >= 11 is 0. The van der Waals surface area contributed by atoms with Crippen molar-refractivity contribution < 1.29 is 26.7 Å². The third-order valence-electron chi connectivity index (χ3n) is 6.71. The number of hydrogen-bond donors (Lipinski definition) is 2. The van der Waals surface area contributed by atoms with Crippen LogP contribution in [-0.4, -0.2) is 49.2 Å². The molecule has 0 bridgehead atoms. The molecule has 37 heavy (non-hydrogen) atoms. The van der Waals surface area contributed by atoms with Crippen molar-refractivity contribution in [3.8, 4) is 0 Å². The number of amides is 1. The van der Waals surface area contributed by atoms with Gasteiger partial charge in [0, 0.05) is 30.1 Å². The molecular weight excluding hydrogens is 497 g/mol. The van der Waals surface area contributed by atoms with Crippen molar-refractivity contribution in [2.24, 2.45) is 5.73 Å². The molecule has 4 aromatic rings. The maximum atomic E-state index is 14.3. The van der Waals surface area contributed by atoms with Crippen LogP contribution in [-0.2, 0) is 0 Å². The quantitative estimate of drug-likeness (QED) is 0.394. The van der Waals surface area contributed by atoms with Crippen LogP contribution in [0, 0.1) is 11.6 Å². The van der Waals surface area contributed by atoms with E-state index in [0.29, 0.717) is 24.7 Å². The molecule has 1 aliphatic rings. The molecule has 1 fully saturated rings. The Kier molecular flexibility index (Phi) is 5.97. The highest BCUT2D eigenvalue weighted by Crippen LogP contribution is 2.33. The molecule has 1 aliphatic heterocycles. The largest absolute Gasteiger partial charge is 0.407 e. The van der Waals surface area contributed by atoms with Crippen LogP contribution in [0.4, 0.5) is 27.9 Å². The van der Waals surface area contributed by atoms with Crippen LogP contribution in [0.25, 0.3) is 16.6 Å². The Morgan fingerprint density at radius 1 is 1.11 bits per heavy atom. The molecule has 0 saturated carbocycles. The Labute approximate surface area is 207 Å². The zero-order chi connectivity index (χ0) is 26.6. The van der Waals surface area contributed by atoms with Crippen molar-refractivity contribution in [3.63, 3.8) is 0 Å². The van der Waals surface area contributed by atoms with E-state index < -0.39 is 23.9 Å². The number of carbonyl (C=O) groups excluding carboxylic acids is 1. The molecule has 1 amide bonds. The minimum Gasteiger partial charge on any atom is -0.368 e. The zero-order valence-corrected chi connectivity index (χ0v) is 19.5. The molecular formula is C24H22F5N7O. The first-order valence-corrected chi connectivity index (χ1v) is 11.5. The van der Waals surface area contributed by atoms with E-state index >= 15 is 0 Å². The highest BCUT2D eigenvalue weighted by Gasteiger charge is 2.38. The number of rotatable bonds is 3. The van der Waals surface area contributed by atoms with Crippen LogP contribution in [0.5, 0.6) is 0 Å². The SMILES string of the molecule is C[C@H]1CC[C@@H](c2nc3c4cc(F)cc(F)c4nc(N)n3n2)CN1C(=O)c1ccc([C@H](N)C(F)(F)F)cc1. The van der Waals surface area contributed by atoms with Crippen molar-refractivity contribution in [3.05, 3.63) is 65.0 Å². The molecule has 2 aromatic heterocycles. The monoisotopic (exact) mass is 519 g/mol. The number of likely N-dealkylation sites (tertiary alicyclic amines) is 1. The summed E-state index contributed by atoms with van der Waals surface area (Å²) in [4.78, 5) is 23.3. The van der Waals surface area contributed by atoms with Gasteiger partial charge >= 0.3 is 6.18 Å². The molecule has 3 atom stereocenters.